The number of nitrogens with zero attached hydrogens (tertiary/aromatic N) is 5. The van der Waals surface area contributed by atoms with Crippen LogP contribution in [0.15, 0.2) is 72.0 Å². The number of aromatic nitrogens is 3. The van der Waals surface area contributed by atoms with Crippen LogP contribution in [0.25, 0.3) is 17.1 Å². The van der Waals surface area contributed by atoms with Crippen molar-refractivity contribution in [1.82, 2.24) is 14.8 Å². The highest BCUT2D eigenvalue weighted by atomic mass is 32.2. The van der Waals surface area contributed by atoms with Crippen LogP contribution in [0, 0.1) is 12.7 Å². The highest BCUT2D eigenvalue weighted by molar-refractivity contribution is 8.15. The third kappa shape index (κ3) is 7.51. The van der Waals surface area contributed by atoms with Crippen LogP contribution in [0.5, 0.6) is 0 Å². The maximum Gasteiger partial charge on any atom is 0.416 e. The molecule has 1 N–H and O–H groups in total. The lowest BCUT2D eigenvalue weighted by molar-refractivity contribution is -0.137. The number of ether oxygens (including phenoxy) is 1. The van der Waals surface area contributed by atoms with Gasteiger partial charge in [0.1, 0.15) is 18.8 Å². The number of carbonyl (C=O) groups excluding carboxylic acids is 2. The van der Waals surface area contributed by atoms with Gasteiger partial charge in [0, 0.05) is 17.2 Å². The molecule has 45 heavy (non-hydrogen) atoms. The lowest BCUT2D eigenvalue weighted by atomic mass is 10.1. The zero-order valence-electron chi connectivity index (χ0n) is 23.2. The van der Waals surface area contributed by atoms with Crippen LogP contribution < -0.4 is 10.2 Å². The number of benzene rings is 3. The number of aliphatic imine (C=N–C) groups is 1. The molecule has 1 fully saturated rings. The molecule has 0 radical (unpaired) electrons. The third-order valence-corrected chi connectivity index (χ3v) is 7.29. The normalized spacial score (nSPS) is 14.5. The van der Waals surface area contributed by atoms with Crippen molar-refractivity contribution < 1.29 is 40.7 Å². The summed E-state index contributed by atoms with van der Waals surface area (Å²) in [7, 11) is 0. The number of hydrogen-bond acceptors (Lipinski definition) is 6. The van der Waals surface area contributed by atoms with Crippen molar-refractivity contribution in [2.24, 2.45) is 4.99 Å². The molecule has 0 bridgehead atoms. The summed E-state index contributed by atoms with van der Waals surface area (Å²) in [4.78, 5) is 34.7. The second-order valence-corrected chi connectivity index (χ2v) is 10.6. The first-order chi connectivity index (χ1) is 21.4. The number of halogens is 6. The quantitative estimate of drug-likeness (QED) is 0.210. The van der Waals surface area contributed by atoms with Crippen molar-refractivity contribution in [3.63, 3.8) is 0 Å². The van der Waals surface area contributed by atoms with E-state index in [1.54, 1.807) is 25.1 Å². The number of thioether (sulfide) groups is 1. The Kier molecular flexibility index (Phi) is 9.24. The molecule has 1 aromatic heterocycles. The molecule has 9 nitrogen and oxygen atoms in total. The molecule has 1 aliphatic rings. The van der Waals surface area contributed by atoms with Crippen molar-refractivity contribution in [3.05, 3.63) is 89.5 Å². The predicted octanol–water partition coefficient (Wildman–Crippen LogP) is 6.85. The summed E-state index contributed by atoms with van der Waals surface area (Å²) < 4.78 is 84.9. The van der Waals surface area contributed by atoms with Gasteiger partial charge in [0.15, 0.2) is 11.0 Å². The number of urea groups is 1. The zero-order valence-corrected chi connectivity index (χ0v) is 24.0. The number of carbonyl (C=O) groups is 2. The average molecular weight is 649 g/mol. The lowest BCUT2D eigenvalue weighted by Crippen LogP contribution is -2.31. The molecular formula is C29H22F6N6O3S. The van der Waals surface area contributed by atoms with Crippen molar-refractivity contribution >= 4 is 40.2 Å². The number of alkyl halides is 5. The van der Waals surface area contributed by atoms with E-state index in [4.69, 9.17) is 4.74 Å². The molecular weight excluding hydrogens is 626 g/mol. The standard InChI is InChI=1S/C29H22F6N6O3S/c1-16-2-3-18(12-44-13-24(31)32)23(10-16)41-25(42)14-45-28(41)38-27(43)37-22-9-8-20(11-21(22)30)40-15-36-26(39-40)17-4-6-19(7-5-17)29(33,34)35/h2-11,15,24H,12-14H2,1H3,(H,37,43)/b38-28-. The summed E-state index contributed by atoms with van der Waals surface area (Å²) in [6.45, 7) is 0.774. The van der Waals surface area contributed by atoms with E-state index in [-0.39, 0.29) is 34.7 Å². The van der Waals surface area contributed by atoms with Crippen LogP contribution in [-0.2, 0) is 22.3 Å². The molecule has 0 saturated carbocycles. The van der Waals surface area contributed by atoms with Gasteiger partial charge in [-0.3, -0.25) is 9.69 Å². The Bertz CT molecular complexity index is 1760. The fourth-order valence-electron chi connectivity index (χ4n) is 4.25. The first kappa shape index (κ1) is 31.7. The van der Waals surface area contributed by atoms with Crippen molar-refractivity contribution in [2.45, 2.75) is 26.1 Å². The molecule has 1 saturated heterocycles. The Labute approximate surface area is 255 Å². The van der Waals surface area contributed by atoms with E-state index >= 15 is 4.39 Å². The molecule has 16 heteroatoms. The first-order valence-corrected chi connectivity index (χ1v) is 14.1. The van der Waals surface area contributed by atoms with E-state index in [1.165, 1.54) is 40.2 Å². The fourth-order valence-corrected chi connectivity index (χ4v) is 5.11. The van der Waals surface area contributed by atoms with Crippen LogP contribution in [0.4, 0.5) is 42.5 Å². The molecule has 1 aliphatic heterocycles. The van der Waals surface area contributed by atoms with Gasteiger partial charge in [-0.25, -0.2) is 27.6 Å². The van der Waals surface area contributed by atoms with Crippen molar-refractivity contribution in [2.75, 3.05) is 22.6 Å². The summed E-state index contributed by atoms with van der Waals surface area (Å²) in [5.74, 6) is -1.17. The first-order valence-electron chi connectivity index (χ1n) is 13.1. The maximum atomic E-state index is 15.0. The molecule has 2 heterocycles. The van der Waals surface area contributed by atoms with E-state index < -0.39 is 42.5 Å². The van der Waals surface area contributed by atoms with Gasteiger partial charge >= 0.3 is 12.2 Å². The minimum Gasteiger partial charge on any atom is -0.371 e. The van der Waals surface area contributed by atoms with Crippen molar-refractivity contribution in [1.29, 1.82) is 0 Å². The van der Waals surface area contributed by atoms with E-state index in [2.05, 4.69) is 20.4 Å². The Morgan fingerprint density at radius 1 is 1.11 bits per heavy atom. The van der Waals surface area contributed by atoms with Gasteiger partial charge in [-0.1, -0.05) is 36.0 Å². The van der Waals surface area contributed by atoms with Gasteiger partial charge < -0.3 is 10.1 Å². The summed E-state index contributed by atoms with van der Waals surface area (Å²) in [6, 6.07) is 12.0. The predicted molar refractivity (Wildman–Crippen MR) is 155 cm³/mol. The lowest BCUT2D eigenvalue weighted by Gasteiger charge is -2.20. The average Bonchev–Trinajstić information content (AvgIpc) is 3.61. The second kappa shape index (κ2) is 13.1. The van der Waals surface area contributed by atoms with Crippen molar-refractivity contribution in [3.8, 4) is 17.1 Å². The van der Waals surface area contributed by atoms with Crippen LogP contribution in [0.3, 0.4) is 0 Å². The molecule has 234 valence electrons. The van der Waals surface area contributed by atoms with E-state index in [1.807, 2.05) is 0 Å². The number of anilines is 2. The van der Waals surface area contributed by atoms with Crippen LogP contribution in [-0.4, -0.2) is 50.7 Å². The minimum atomic E-state index is -4.49. The molecule has 0 spiro atoms. The summed E-state index contributed by atoms with van der Waals surface area (Å²) in [5.41, 5.74) is 1.00. The van der Waals surface area contributed by atoms with E-state index in [9.17, 15) is 31.5 Å². The number of nitrogens with one attached hydrogen (secondary N) is 1. The minimum absolute atomic E-state index is 0.00801. The Morgan fingerprint density at radius 3 is 2.56 bits per heavy atom. The third-order valence-electron chi connectivity index (χ3n) is 6.37. The molecule has 3 aromatic carbocycles. The van der Waals surface area contributed by atoms with Gasteiger partial charge in [0.25, 0.3) is 6.43 Å². The SMILES string of the molecule is Cc1ccc(COCC(F)F)c(N2C(=O)CS/C2=N\C(=O)Nc2ccc(-n3cnc(-c4ccc(C(F)(F)F)cc4)n3)cc2F)c1. The van der Waals surface area contributed by atoms with E-state index in [0.29, 0.717) is 16.8 Å². The highest BCUT2D eigenvalue weighted by Crippen LogP contribution is 2.32. The molecule has 0 unspecified atom stereocenters. The second-order valence-electron chi connectivity index (χ2n) is 9.63. The largest absolute Gasteiger partial charge is 0.416 e. The number of amides is 3. The molecule has 4 aromatic rings. The van der Waals surface area contributed by atoms with Crippen LogP contribution in [0.1, 0.15) is 16.7 Å². The number of hydrogen-bond donors (Lipinski definition) is 1. The Hall–Kier alpha value is -4.70. The summed E-state index contributed by atoms with van der Waals surface area (Å²) in [5, 5.41) is 6.52. The molecule has 0 aliphatic carbocycles. The number of aryl methyl sites for hydroxylation is 1. The monoisotopic (exact) mass is 648 g/mol. The Morgan fingerprint density at radius 2 is 1.87 bits per heavy atom. The smallest absolute Gasteiger partial charge is 0.371 e. The topological polar surface area (TPSA) is 102 Å². The summed E-state index contributed by atoms with van der Waals surface area (Å²) in [6.07, 6.45) is -5.90. The van der Waals surface area contributed by atoms with Crippen LogP contribution in [0.2, 0.25) is 0 Å². The van der Waals surface area contributed by atoms with E-state index in [0.717, 1.165) is 35.5 Å². The van der Waals surface area contributed by atoms with Gasteiger partial charge in [-0.2, -0.15) is 18.2 Å². The Balaban J connectivity index is 1.30. The molecule has 0 atom stereocenters. The van der Waals surface area contributed by atoms with Crippen LogP contribution >= 0.6 is 11.8 Å². The van der Waals surface area contributed by atoms with Gasteiger partial charge in [-0.05, 0) is 42.8 Å². The number of amidine groups is 1. The maximum absolute atomic E-state index is 15.0. The number of rotatable bonds is 8. The molecule has 5 rings (SSSR count). The zero-order chi connectivity index (χ0) is 32.3. The van der Waals surface area contributed by atoms with Gasteiger partial charge in [0.2, 0.25) is 5.91 Å². The molecule has 3 amide bonds. The summed E-state index contributed by atoms with van der Waals surface area (Å²) >= 11 is 0.979. The van der Waals surface area contributed by atoms with Gasteiger partial charge in [-0.15, -0.1) is 5.10 Å². The highest BCUT2D eigenvalue weighted by Gasteiger charge is 2.32. The fraction of sp³-hybridized carbons (Fsp3) is 0.207. The van der Waals surface area contributed by atoms with Gasteiger partial charge in [0.05, 0.1) is 35.0 Å².